The molecule has 2 saturated heterocycles. The molecule has 0 aliphatic carbocycles. The number of hydrogen-bond donors (Lipinski definition) is 0. The highest BCUT2D eigenvalue weighted by atomic mass is 16.6. The molecule has 4 nitrogen and oxygen atoms in total. The van der Waals surface area contributed by atoms with E-state index in [1.54, 1.807) is 0 Å². The summed E-state index contributed by atoms with van der Waals surface area (Å²) in [7, 11) is 0. The average molecular weight is 264 g/mol. The van der Waals surface area contributed by atoms with E-state index in [0.717, 1.165) is 25.7 Å². The molecule has 0 aromatic rings. The molecule has 0 saturated carbocycles. The van der Waals surface area contributed by atoms with Crippen LogP contribution in [0.25, 0.3) is 0 Å². The molecular formula is C15H24N2O2. The number of amides is 1. The van der Waals surface area contributed by atoms with E-state index in [-0.39, 0.29) is 18.2 Å². The summed E-state index contributed by atoms with van der Waals surface area (Å²) in [4.78, 5) is 14.3. The minimum Gasteiger partial charge on any atom is -0.444 e. The Bertz CT molecular complexity index is 367. The second-order valence-corrected chi connectivity index (χ2v) is 6.83. The maximum absolute atomic E-state index is 12.3. The number of hydrogen-bond acceptors (Lipinski definition) is 3. The van der Waals surface area contributed by atoms with Crippen LogP contribution in [0.5, 0.6) is 0 Å². The van der Waals surface area contributed by atoms with Crippen molar-refractivity contribution in [3.63, 3.8) is 0 Å². The Hall–Kier alpha value is -1.24. The van der Waals surface area contributed by atoms with Crippen molar-refractivity contribution in [3.8, 4) is 6.07 Å². The van der Waals surface area contributed by atoms with Crippen LogP contribution in [0.2, 0.25) is 0 Å². The van der Waals surface area contributed by atoms with Gasteiger partial charge in [-0.3, -0.25) is 0 Å². The molecule has 0 N–H and O–H groups in total. The third kappa shape index (κ3) is 3.40. The molecule has 2 rings (SSSR count). The van der Waals surface area contributed by atoms with Crippen molar-refractivity contribution < 1.29 is 9.53 Å². The Balaban J connectivity index is 2.06. The summed E-state index contributed by atoms with van der Waals surface area (Å²) in [6.45, 7) is 5.72. The van der Waals surface area contributed by atoms with Gasteiger partial charge < -0.3 is 9.64 Å². The summed E-state index contributed by atoms with van der Waals surface area (Å²) < 4.78 is 5.53. The van der Waals surface area contributed by atoms with Crippen molar-refractivity contribution in [3.05, 3.63) is 0 Å². The molecule has 106 valence electrons. The van der Waals surface area contributed by atoms with Gasteiger partial charge in [0.1, 0.15) is 5.60 Å². The molecule has 2 aliphatic rings. The summed E-state index contributed by atoms with van der Waals surface area (Å²) in [5.74, 6) is 0.457. The van der Waals surface area contributed by atoms with E-state index in [9.17, 15) is 4.79 Å². The Labute approximate surface area is 115 Å². The van der Waals surface area contributed by atoms with Gasteiger partial charge in [-0.25, -0.2) is 4.79 Å². The molecule has 19 heavy (non-hydrogen) atoms. The van der Waals surface area contributed by atoms with Crippen LogP contribution in [0.15, 0.2) is 0 Å². The lowest BCUT2D eigenvalue weighted by Crippen LogP contribution is -2.55. The molecule has 2 unspecified atom stereocenters. The fourth-order valence-electron chi connectivity index (χ4n) is 3.40. The van der Waals surface area contributed by atoms with Crippen molar-refractivity contribution >= 4 is 6.09 Å². The Morgan fingerprint density at radius 2 is 1.89 bits per heavy atom. The number of nitriles is 1. The first-order valence-corrected chi connectivity index (χ1v) is 7.29. The highest BCUT2D eigenvalue weighted by molar-refractivity contribution is 5.69. The molecule has 0 spiro atoms. The zero-order valence-electron chi connectivity index (χ0n) is 12.2. The van der Waals surface area contributed by atoms with Gasteiger partial charge in [0.2, 0.25) is 0 Å². The molecule has 0 radical (unpaired) electrons. The SMILES string of the molecule is CC(C)(C)OC(=O)N1C2CCCC1CC(CC#N)C2. The first-order chi connectivity index (χ1) is 8.90. The monoisotopic (exact) mass is 264 g/mol. The van der Waals surface area contributed by atoms with E-state index in [1.165, 1.54) is 6.42 Å². The smallest absolute Gasteiger partial charge is 0.410 e. The van der Waals surface area contributed by atoms with Gasteiger partial charge in [-0.2, -0.15) is 5.26 Å². The summed E-state index contributed by atoms with van der Waals surface area (Å²) in [5.41, 5.74) is -0.436. The van der Waals surface area contributed by atoms with E-state index < -0.39 is 5.60 Å². The lowest BCUT2D eigenvalue weighted by Gasteiger charge is -2.48. The molecule has 4 heteroatoms. The molecular weight excluding hydrogens is 240 g/mol. The number of carbonyl (C=O) groups excluding carboxylic acids is 1. The van der Waals surface area contributed by atoms with Crippen LogP contribution in [-0.2, 0) is 4.74 Å². The quantitative estimate of drug-likeness (QED) is 0.728. The van der Waals surface area contributed by atoms with E-state index in [4.69, 9.17) is 10.00 Å². The Morgan fingerprint density at radius 1 is 1.32 bits per heavy atom. The molecule has 1 amide bonds. The number of fused-ring (bicyclic) bond motifs is 2. The zero-order valence-corrected chi connectivity index (χ0v) is 12.2. The fourth-order valence-corrected chi connectivity index (χ4v) is 3.40. The fraction of sp³-hybridized carbons (Fsp3) is 0.867. The maximum Gasteiger partial charge on any atom is 0.410 e. The molecule has 2 fully saturated rings. The van der Waals surface area contributed by atoms with E-state index >= 15 is 0 Å². The van der Waals surface area contributed by atoms with E-state index in [2.05, 4.69) is 6.07 Å². The number of rotatable bonds is 1. The van der Waals surface area contributed by atoms with Gasteiger partial charge in [-0.15, -0.1) is 0 Å². The van der Waals surface area contributed by atoms with Gasteiger partial charge in [0.25, 0.3) is 0 Å². The largest absolute Gasteiger partial charge is 0.444 e. The average Bonchev–Trinajstić information content (AvgIpc) is 2.25. The minimum absolute atomic E-state index is 0.169. The van der Waals surface area contributed by atoms with Crippen molar-refractivity contribution in [2.45, 2.75) is 77.0 Å². The number of ether oxygens (including phenoxy) is 1. The van der Waals surface area contributed by atoms with Gasteiger partial charge in [0.05, 0.1) is 6.07 Å². The van der Waals surface area contributed by atoms with Gasteiger partial charge in [-0.05, 0) is 58.8 Å². The minimum atomic E-state index is -0.436. The second-order valence-electron chi connectivity index (χ2n) is 6.83. The topological polar surface area (TPSA) is 53.3 Å². The lowest BCUT2D eigenvalue weighted by atomic mass is 9.77. The van der Waals surface area contributed by atoms with Crippen LogP contribution >= 0.6 is 0 Å². The highest BCUT2D eigenvalue weighted by Gasteiger charge is 2.42. The molecule has 2 atom stereocenters. The molecule has 2 aliphatic heterocycles. The third-order valence-corrected chi connectivity index (χ3v) is 4.06. The van der Waals surface area contributed by atoms with Gasteiger partial charge >= 0.3 is 6.09 Å². The molecule has 2 bridgehead atoms. The number of carbonyl (C=O) groups is 1. The summed E-state index contributed by atoms with van der Waals surface area (Å²) in [6, 6.07) is 2.83. The van der Waals surface area contributed by atoms with Crippen LogP contribution in [-0.4, -0.2) is 28.7 Å². The van der Waals surface area contributed by atoms with Crippen LogP contribution in [0, 0.1) is 17.2 Å². The first kappa shape index (κ1) is 14.2. The predicted molar refractivity (Wildman–Crippen MR) is 72.5 cm³/mol. The molecule has 0 aromatic carbocycles. The normalized spacial score (nSPS) is 30.6. The molecule has 2 heterocycles. The first-order valence-electron chi connectivity index (χ1n) is 7.29. The van der Waals surface area contributed by atoms with Crippen molar-refractivity contribution in [1.29, 1.82) is 5.26 Å². The zero-order chi connectivity index (χ0) is 14.0. The standard InChI is InChI=1S/C15H24N2O2/c1-15(2,3)19-14(18)17-12-5-4-6-13(17)10-11(9-12)7-8-16/h11-13H,4-7,9-10H2,1-3H3. The van der Waals surface area contributed by atoms with Crippen molar-refractivity contribution in [2.24, 2.45) is 5.92 Å². The predicted octanol–water partition coefficient (Wildman–Crippen LogP) is 3.47. The van der Waals surface area contributed by atoms with Crippen molar-refractivity contribution in [2.75, 3.05) is 0 Å². The van der Waals surface area contributed by atoms with Crippen LogP contribution in [0.1, 0.15) is 59.3 Å². The van der Waals surface area contributed by atoms with Gasteiger partial charge in [-0.1, -0.05) is 0 Å². The lowest BCUT2D eigenvalue weighted by molar-refractivity contribution is -0.0276. The van der Waals surface area contributed by atoms with E-state index in [1.807, 2.05) is 25.7 Å². The van der Waals surface area contributed by atoms with Crippen LogP contribution < -0.4 is 0 Å². The van der Waals surface area contributed by atoms with Crippen LogP contribution in [0.3, 0.4) is 0 Å². The number of piperidine rings is 2. The van der Waals surface area contributed by atoms with Crippen LogP contribution in [0.4, 0.5) is 4.79 Å². The summed E-state index contributed by atoms with van der Waals surface area (Å²) in [5, 5.41) is 8.85. The van der Waals surface area contributed by atoms with Gasteiger partial charge in [0, 0.05) is 18.5 Å². The third-order valence-electron chi connectivity index (χ3n) is 4.06. The number of nitrogens with zero attached hydrogens (tertiary/aromatic N) is 2. The maximum atomic E-state index is 12.3. The summed E-state index contributed by atoms with van der Waals surface area (Å²) >= 11 is 0. The Morgan fingerprint density at radius 3 is 2.37 bits per heavy atom. The molecule has 0 aromatic heterocycles. The highest BCUT2D eigenvalue weighted by Crippen LogP contribution is 2.38. The van der Waals surface area contributed by atoms with E-state index in [0.29, 0.717) is 12.3 Å². The Kier molecular flexibility index (Phi) is 4.03. The van der Waals surface area contributed by atoms with Crippen molar-refractivity contribution in [1.82, 2.24) is 4.90 Å². The summed E-state index contributed by atoms with van der Waals surface area (Å²) in [6.07, 6.45) is 5.67. The second kappa shape index (κ2) is 5.40. The van der Waals surface area contributed by atoms with Gasteiger partial charge in [0.15, 0.2) is 0 Å².